The van der Waals surface area contributed by atoms with Crippen LogP contribution in [0.3, 0.4) is 0 Å². The number of halogens is 1. The lowest BCUT2D eigenvalue weighted by atomic mass is 10.1. The Balaban J connectivity index is 1.62. The van der Waals surface area contributed by atoms with Crippen molar-refractivity contribution in [2.75, 3.05) is 10.0 Å². The molecule has 0 unspecified atom stereocenters. The van der Waals surface area contributed by atoms with Gasteiger partial charge in [-0.05, 0) is 48.9 Å². The molecule has 4 aromatic rings. The fourth-order valence-electron chi connectivity index (χ4n) is 2.93. The Bertz CT molecular complexity index is 1350. The molecule has 3 aromatic carbocycles. The topological polar surface area (TPSA) is 88.2 Å². The van der Waals surface area contributed by atoms with Crippen LogP contribution in [0.1, 0.15) is 15.9 Å². The number of nitrogens with zero attached hydrogens (tertiary/aromatic N) is 1. The highest BCUT2D eigenvalue weighted by atomic mass is 32.2. The zero-order valence-corrected chi connectivity index (χ0v) is 17.4. The minimum Gasteiger partial charge on any atom is -0.322 e. The smallest absolute Gasteiger partial charge is 0.263 e. The van der Waals surface area contributed by atoms with E-state index in [4.69, 9.17) is 0 Å². The van der Waals surface area contributed by atoms with E-state index in [-0.39, 0.29) is 15.6 Å². The van der Waals surface area contributed by atoms with Crippen LogP contribution in [0.15, 0.2) is 71.6 Å². The van der Waals surface area contributed by atoms with Gasteiger partial charge in [-0.1, -0.05) is 41.7 Å². The van der Waals surface area contributed by atoms with Gasteiger partial charge < -0.3 is 5.32 Å². The Labute approximate surface area is 176 Å². The number of anilines is 2. The van der Waals surface area contributed by atoms with Crippen molar-refractivity contribution in [3.8, 4) is 0 Å². The lowest BCUT2D eigenvalue weighted by Gasteiger charge is -2.07. The van der Waals surface area contributed by atoms with Crippen molar-refractivity contribution in [3.63, 3.8) is 0 Å². The fraction of sp³-hybridized carbons (Fsp3) is 0.0476. The van der Waals surface area contributed by atoms with Crippen LogP contribution < -0.4 is 10.0 Å². The van der Waals surface area contributed by atoms with Gasteiger partial charge in [0.25, 0.3) is 15.9 Å². The second kappa shape index (κ2) is 7.85. The van der Waals surface area contributed by atoms with Crippen molar-refractivity contribution in [2.24, 2.45) is 0 Å². The molecule has 0 radical (unpaired) electrons. The van der Waals surface area contributed by atoms with E-state index < -0.39 is 21.7 Å². The maximum Gasteiger partial charge on any atom is 0.263 e. The van der Waals surface area contributed by atoms with Crippen molar-refractivity contribution in [3.05, 3.63) is 83.7 Å². The predicted octanol–water partition coefficient (Wildman–Crippen LogP) is 4.80. The van der Waals surface area contributed by atoms with E-state index in [1.54, 1.807) is 43.3 Å². The molecule has 0 atom stereocenters. The van der Waals surface area contributed by atoms with Crippen molar-refractivity contribution in [2.45, 2.75) is 11.8 Å². The lowest BCUT2D eigenvalue weighted by Crippen LogP contribution is -2.13. The number of benzene rings is 3. The Kier molecular flexibility index (Phi) is 5.23. The molecule has 152 valence electrons. The number of thiazole rings is 1. The third kappa shape index (κ3) is 4.03. The highest BCUT2D eigenvalue weighted by Crippen LogP contribution is 2.32. The number of rotatable bonds is 5. The second-order valence-corrected chi connectivity index (χ2v) is 9.22. The molecule has 9 heteroatoms. The molecule has 4 rings (SSSR count). The fourth-order valence-corrected chi connectivity index (χ4v) is 5.17. The summed E-state index contributed by atoms with van der Waals surface area (Å²) in [5.74, 6) is -1.18. The van der Waals surface area contributed by atoms with E-state index in [9.17, 15) is 17.6 Å². The number of carbonyl (C=O) groups excluding carboxylic acids is 1. The van der Waals surface area contributed by atoms with Crippen LogP contribution in [0.4, 0.5) is 15.2 Å². The maximum absolute atomic E-state index is 13.8. The molecule has 2 N–H and O–H groups in total. The number of hydrogen-bond acceptors (Lipinski definition) is 5. The second-order valence-electron chi connectivity index (χ2n) is 6.51. The summed E-state index contributed by atoms with van der Waals surface area (Å²) < 4.78 is 42.1. The number of hydrogen-bond donors (Lipinski definition) is 2. The first-order valence-electron chi connectivity index (χ1n) is 8.88. The molecule has 0 spiro atoms. The molecule has 0 saturated heterocycles. The quantitative estimate of drug-likeness (QED) is 0.466. The summed E-state index contributed by atoms with van der Waals surface area (Å²) >= 11 is 1.15. The van der Waals surface area contributed by atoms with E-state index in [0.29, 0.717) is 15.9 Å². The van der Waals surface area contributed by atoms with Crippen LogP contribution in [-0.2, 0) is 10.0 Å². The van der Waals surface area contributed by atoms with Crippen LogP contribution in [0.25, 0.3) is 10.2 Å². The molecular weight excluding hydrogens is 425 g/mol. The van der Waals surface area contributed by atoms with Gasteiger partial charge in [0.1, 0.15) is 5.82 Å². The summed E-state index contributed by atoms with van der Waals surface area (Å²) in [6.07, 6.45) is 0. The summed E-state index contributed by atoms with van der Waals surface area (Å²) in [5, 5.41) is 2.89. The molecule has 6 nitrogen and oxygen atoms in total. The number of aromatic nitrogens is 1. The molecule has 1 amide bonds. The first-order chi connectivity index (χ1) is 14.3. The van der Waals surface area contributed by atoms with Crippen molar-refractivity contribution >= 4 is 48.3 Å². The summed E-state index contributed by atoms with van der Waals surface area (Å²) in [7, 11) is -3.76. The van der Waals surface area contributed by atoms with Gasteiger partial charge in [-0.25, -0.2) is 17.8 Å². The monoisotopic (exact) mass is 441 g/mol. The van der Waals surface area contributed by atoms with Gasteiger partial charge >= 0.3 is 0 Å². The van der Waals surface area contributed by atoms with Crippen molar-refractivity contribution < 1.29 is 17.6 Å². The average Bonchev–Trinajstić information content (AvgIpc) is 3.11. The van der Waals surface area contributed by atoms with Gasteiger partial charge in [-0.3, -0.25) is 9.52 Å². The Morgan fingerprint density at radius 1 is 1.03 bits per heavy atom. The molecule has 1 heterocycles. The zero-order valence-electron chi connectivity index (χ0n) is 15.7. The lowest BCUT2D eigenvalue weighted by molar-refractivity contribution is 0.102. The van der Waals surface area contributed by atoms with Crippen molar-refractivity contribution in [1.82, 2.24) is 4.98 Å². The molecule has 1 aromatic heterocycles. The summed E-state index contributed by atoms with van der Waals surface area (Å²) in [4.78, 5) is 16.9. The molecular formula is C21H16FN3O3S2. The third-order valence-corrected chi connectivity index (χ3v) is 6.74. The first-order valence-corrected chi connectivity index (χ1v) is 11.2. The van der Waals surface area contributed by atoms with E-state index in [1.807, 2.05) is 0 Å². The minimum absolute atomic E-state index is 0.0594. The van der Waals surface area contributed by atoms with Gasteiger partial charge in [-0.15, -0.1) is 0 Å². The van der Waals surface area contributed by atoms with Gasteiger partial charge in [0.15, 0.2) is 5.13 Å². The molecule has 0 bridgehead atoms. The average molecular weight is 442 g/mol. The highest BCUT2D eigenvalue weighted by molar-refractivity contribution is 7.93. The molecule has 0 aliphatic carbocycles. The molecule has 0 aliphatic heterocycles. The molecule has 0 aliphatic rings. The third-order valence-electron chi connectivity index (χ3n) is 4.34. The van der Waals surface area contributed by atoms with Crippen LogP contribution in [-0.4, -0.2) is 19.3 Å². The van der Waals surface area contributed by atoms with Gasteiger partial charge in [0.2, 0.25) is 0 Å². The van der Waals surface area contributed by atoms with E-state index >= 15 is 0 Å². The van der Waals surface area contributed by atoms with Crippen LogP contribution in [0, 0.1) is 12.7 Å². The highest BCUT2D eigenvalue weighted by Gasteiger charge is 2.18. The normalized spacial score (nSPS) is 11.4. The SMILES string of the molecule is Cc1cc(NC(=O)c2ccccc2F)cc2sc(NS(=O)(=O)c3ccccc3)nc12. The van der Waals surface area contributed by atoms with Gasteiger partial charge in [-0.2, -0.15) is 0 Å². The number of nitrogens with one attached hydrogen (secondary N) is 2. The van der Waals surface area contributed by atoms with E-state index in [0.717, 1.165) is 16.9 Å². The van der Waals surface area contributed by atoms with E-state index in [1.165, 1.54) is 30.3 Å². The number of amides is 1. The first kappa shape index (κ1) is 20.0. The Morgan fingerprint density at radius 3 is 2.47 bits per heavy atom. The Morgan fingerprint density at radius 2 is 1.73 bits per heavy atom. The minimum atomic E-state index is -3.76. The maximum atomic E-state index is 13.8. The Hall–Kier alpha value is -3.30. The van der Waals surface area contributed by atoms with Crippen LogP contribution in [0.5, 0.6) is 0 Å². The standard InChI is InChI=1S/C21H16FN3O3S2/c1-13-11-14(23-20(26)16-9-5-6-10-17(16)22)12-18-19(13)24-21(29-18)25-30(27,28)15-7-3-2-4-8-15/h2-12H,1H3,(H,23,26)(H,24,25). The molecule has 0 fully saturated rings. The van der Waals surface area contributed by atoms with Gasteiger partial charge in [0, 0.05) is 5.69 Å². The van der Waals surface area contributed by atoms with Crippen LogP contribution in [0.2, 0.25) is 0 Å². The number of sulfonamides is 1. The number of aryl methyl sites for hydroxylation is 1. The number of fused-ring (bicyclic) bond motifs is 1. The molecule has 30 heavy (non-hydrogen) atoms. The zero-order chi connectivity index (χ0) is 21.3. The van der Waals surface area contributed by atoms with Gasteiger partial charge in [0.05, 0.1) is 20.7 Å². The largest absolute Gasteiger partial charge is 0.322 e. The van der Waals surface area contributed by atoms with E-state index in [2.05, 4.69) is 15.0 Å². The van der Waals surface area contributed by atoms with Crippen molar-refractivity contribution in [1.29, 1.82) is 0 Å². The summed E-state index contributed by atoms with van der Waals surface area (Å²) in [6.45, 7) is 1.80. The van der Waals surface area contributed by atoms with Crippen LogP contribution >= 0.6 is 11.3 Å². The predicted molar refractivity (Wildman–Crippen MR) is 116 cm³/mol. The number of carbonyl (C=O) groups is 1. The molecule has 0 saturated carbocycles. The summed E-state index contributed by atoms with van der Waals surface area (Å²) in [6, 6.07) is 17.1. The summed E-state index contributed by atoms with van der Waals surface area (Å²) in [5.41, 5.74) is 1.78.